The van der Waals surface area contributed by atoms with Crippen LogP contribution in [-0.2, 0) is 4.79 Å². The molecule has 0 saturated carbocycles. The number of hydrogen-bond donors (Lipinski definition) is 1. The van der Waals surface area contributed by atoms with E-state index in [4.69, 9.17) is 0 Å². The summed E-state index contributed by atoms with van der Waals surface area (Å²) in [6.45, 7) is 7.75. The van der Waals surface area contributed by atoms with Crippen molar-refractivity contribution in [2.75, 3.05) is 20.1 Å². The maximum absolute atomic E-state index is 12.4. The maximum Gasteiger partial charge on any atom is 0.247 e. The molecule has 0 bridgehead atoms. The van der Waals surface area contributed by atoms with E-state index in [-0.39, 0.29) is 11.9 Å². The van der Waals surface area contributed by atoms with Crippen LogP contribution >= 0.6 is 0 Å². The molecule has 1 aliphatic heterocycles. The van der Waals surface area contributed by atoms with Crippen molar-refractivity contribution < 1.29 is 4.79 Å². The van der Waals surface area contributed by atoms with Crippen LogP contribution in [0.2, 0.25) is 0 Å². The fourth-order valence-corrected chi connectivity index (χ4v) is 2.59. The Hall–Kier alpha value is -1.36. The van der Waals surface area contributed by atoms with Crippen LogP contribution in [0.15, 0.2) is 6.07 Å². The van der Waals surface area contributed by atoms with E-state index in [0.717, 1.165) is 30.9 Å². The van der Waals surface area contributed by atoms with Crippen LogP contribution in [0.25, 0.3) is 0 Å². The van der Waals surface area contributed by atoms with Crippen LogP contribution in [0, 0.1) is 13.8 Å². The number of carbonyl (C=O) groups is 1. The van der Waals surface area contributed by atoms with Gasteiger partial charge in [0.25, 0.3) is 0 Å². The fraction of sp³-hybridized carbons (Fsp3) is 0.692. The molecule has 18 heavy (non-hydrogen) atoms. The highest BCUT2D eigenvalue weighted by molar-refractivity contribution is 5.80. The number of nitrogens with one attached hydrogen (secondary N) is 1. The summed E-state index contributed by atoms with van der Waals surface area (Å²) in [5.41, 5.74) is 1.99. The van der Waals surface area contributed by atoms with E-state index < -0.39 is 0 Å². The van der Waals surface area contributed by atoms with Crippen molar-refractivity contribution in [2.45, 2.75) is 39.3 Å². The Morgan fingerprint density at radius 2 is 2.33 bits per heavy atom. The zero-order valence-electron chi connectivity index (χ0n) is 11.6. The van der Waals surface area contributed by atoms with Gasteiger partial charge in [-0.3, -0.25) is 9.48 Å². The highest BCUT2D eigenvalue weighted by Gasteiger charge is 2.28. The average molecular weight is 250 g/mol. The summed E-state index contributed by atoms with van der Waals surface area (Å²) in [5, 5.41) is 7.68. The first-order valence-corrected chi connectivity index (χ1v) is 6.51. The van der Waals surface area contributed by atoms with Gasteiger partial charge in [-0.05, 0) is 39.8 Å². The van der Waals surface area contributed by atoms with Crippen molar-refractivity contribution in [1.82, 2.24) is 20.0 Å². The molecule has 100 valence electrons. The first-order chi connectivity index (χ1) is 8.50. The highest BCUT2D eigenvalue weighted by atomic mass is 16.2. The predicted molar refractivity (Wildman–Crippen MR) is 70.5 cm³/mol. The lowest BCUT2D eigenvalue weighted by Gasteiger charge is -2.27. The average Bonchev–Trinajstić information content (AvgIpc) is 2.96. The lowest BCUT2D eigenvalue weighted by Crippen LogP contribution is -2.42. The molecule has 1 saturated heterocycles. The second-order valence-corrected chi connectivity index (χ2v) is 5.14. The molecule has 1 aromatic rings. The summed E-state index contributed by atoms with van der Waals surface area (Å²) in [7, 11) is 1.89. The molecule has 2 heterocycles. The summed E-state index contributed by atoms with van der Waals surface area (Å²) in [6, 6.07) is 2.09. The number of aromatic nitrogens is 2. The van der Waals surface area contributed by atoms with Gasteiger partial charge in [-0.15, -0.1) is 0 Å². The van der Waals surface area contributed by atoms with E-state index in [1.54, 1.807) is 0 Å². The highest BCUT2D eigenvalue weighted by Crippen LogP contribution is 2.16. The van der Waals surface area contributed by atoms with Gasteiger partial charge in [0.15, 0.2) is 0 Å². The molecule has 1 fully saturated rings. The van der Waals surface area contributed by atoms with E-state index in [1.165, 1.54) is 0 Å². The van der Waals surface area contributed by atoms with Crippen LogP contribution in [0.5, 0.6) is 0 Å². The Bertz CT molecular complexity index is 434. The van der Waals surface area contributed by atoms with Crippen molar-refractivity contribution in [1.29, 1.82) is 0 Å². The summed E-state index contributed by atoms with van der Waals surface area (Å²) in [5.74, 6) is 0.134. The lowest BCUT2D eigenvalue weighted by atomic mass is 10.2. The van der Waals surface area contributed by atoms with Crippen LogP contribution < -0.4 is 5.32 Å². The Balaban J connectivity index is 2.10. The van der Waals surface area contributed by atoms with Crippen LogP contribution in [-0.4, -0.2) is 46.8 Å². The standard InChI is InChI=1S/C13H22N4O/c1-9-7-10(2)17(15-9)11(3)13(18)16(4)12-5-6-14-8-12/h7,11-12,14H,5-6,8H2,1-4H3/t11-,12+/m0/s1. The smallest absolute Gasteiger partial charge is 0.247 e. The molecular formula is C13H22N4O. The molecule has 5 nitrogen and oxygen atoms in total. The fourth-order valence-electron chi connectivity index (χ4n) is 2.59. The van der Waals surface area contributed by atoms with Crippen molar-refractivity contribution in [2.24, 2.45) is 0 Å². The Morgan fingerprint density at radius 3 is 2.83 bits per heavy atom. The molecule has 5 heteroatoms. The molecular weight excluding hydrogens is 228 g/mol. The van der Waals surface area contributed by atoms with Gasteiger partial charge >= 0.3 is 0 Å². The molecule has 0 aromatic carbocycles. The Kier molecular flexibility index (Phi) is 3.71. The molecule has 1 amide bonds. The Morgan fingerprint density at radius 1 is 1.61 bits per heavy atom. The number of nitrogens with zero attached hydrogens (tertiary/aromatic N) is 3. The molecule has 2 atom stereocenters. The van der Waals surface area contributed by atoms with Crippen LogP contribution in [0.3, 0.4) is 0 Å². The van der Waals surface area contributed by atoms with Gasteiger partial charge in [0, 0.05) is 25.3 Å². The summed E-state index contributed by atoms with van der Waals surface area (Å²) in [6.07, 6.45) is 1.03. The quantitative estimate of drug-likeness (QED) is 0.866. The third kappa shape index (κ3) is 2.41. The number of aryl methyl sites for hydroxylation is 2. The van der Waals surface area contributed by atoms with Gasteiger partial charge in [0.2, 0.25) is 5.91 Å². The summed E-state index contributed by atoms with van der Waals surface area (Å²) < 4.78 is 1.82. The number of rotatable bonds is 3. The molecule has 1 N–H and O–H groups in total. The van der Waals surface area contributed by atoms with Gasteiger partial charge in [-0.1, -0.05) is 0 Å². The third-order valence-corrected chi connectivity index (χ3v) is 3.70. The van der Waals surface area contributed by atoms with Gasteiger partial charge in [-0.2, -0.15) is 5.10 Å². The molecule has 0 radical (unpaired) electrons. The molecule has 1 aliphatic rings. The largest absolute Gasteiger partial charge is 0.340 e. The van der Waals surface area contributed by atoms with Crippen LogP contribution in [0.1, 0.15) is 30.8 Å². The molecule has 0 spiro atoms. The normalized spacial score (nSPS) is 21.0. The molecule has 2 rings (SSSR count). The van der Waals surface area contributed by atoms with Gasteiger partial charge in [-0.25, -0.2) is 0 Å². The summed E-state index contributed by atoms with van der Waals surface area (Å²) in [4.78, 5) is 14.3. The minimum Gasteiger partial charge on any atom is -0.340 e. The monoisotopic (exact) mass is 250 g/mol. The minimum absolute atomic E-state index is 0.134. The second kappa shape index (κ2) is 5.10. The lowest BCUT2D eigenvalue weighted by molar-refractivity contribution is -0.135. The first kappa shape index (κ1) is 13.1. The van der Waals surface area contributed by atoms with E-state index in [9.17, 15) is 4.79 Å². The Labute approximate surface area is 108 Å². The number of hydrogen-bond acceptors (Lipinski definition) is 3. The van der Waals surface area contributed by atoms with E-state index >= 15 is 0 Å². The second-order valence-electron chi connectivity index (χ2n) is 5.14. The SMILES string of the molecule is Cc1cc(C)n([C@@H](C)C(=O)N(C)[C@@H]2CCNC2)n1. The predicted octanol–water partition coefficient (Wildman–Crippen LogP) is 0.881. The summed E-state index contributed by atoms with van der Waals surface area (Å²) >= 11 is 0. The van der Waals surface area contributed by atoms with E-state index in [2.05, 4.69) is 10.4 Å². The van der Waals surface area contributed by atoms with Crippen molar-refractivity contribution in [3.63, 3.8) is 0 Å². The van der Waals surface area contributed by atoms with Gasteiger partial charge in [0.05, 0.1) is 5.69 Å². The van der Waals surface area contributed by atoms with Crippen molar-refractivity contribution in [3.8, 4) is 0 Å². The molecule has 0 aliphatic carbocycles. The van der Waals surface area contributed by atoms with E-state index in [0.29, 0.717) is 6.04 Å². The first-order valence-electron chi connectivity index (χ1n) is 6.51. The number of likely N-dealkylation sites (N-methyl/N-ethyl adjacent to an activating group) is 1. The minimum atomic E-state index is -0.232. The number of carbonyl (C=O) groups excluding carboxylic acids is 1. The molecule has 0 unspecified atom stereocenters. The van der Waals surface area contributed by atoms with Crippen molar-refractivity contribution >= 4 is 5.91 Å². The third-order valence-electron chi connectivity index (χ3n) is 3.70. The maximum atomic E-state index is 12.4. The molecule has 1 aromatic heterocycles. The van der Waals surface area contributed by atoms with Crippen LogP contribution in [0.4, 0.5) is 0 Å². The zero-order chi connectivity index (χ0) is 13.3. The zero-order valence-corrected chi connectivity index (χ0v) is 11.6. The van der Waals surface area contributed by atoms with Crippen molar-refractivity contribution in [3.05, 3.63) is 17.5 Å². The van der Waals surface area contributed by atoms with Gasteiger partial charge in [0.1, 0.15) is 6.04 Å². The van der Waals surface area contributed by atoms with Gasteiger partial charge < -0.3 is 10.2 Å². The topological polar surface area (TPSA) is 50.2 Å². The number of amides is 1. The van der Waals surface area contributed by atoms with E-state index in [1.807, 2.05) is 43.5 Å².